The molecule has 1 saturated heterocycles. The second-order valence-corrected chi connectivity index (χ2v) is 5.89. The van der Waals surface area contributed by atoms with Gasteiger partial charge in [0.1, 0.15) is 12.1 Å². The van der Waals surface area contributed by atoms with Crippen LogP contribution in [-0.2, 0) is 11.3 Å². The van der Waals surface area contributed by atoms with E-state index in [1.54, 1.807) is 6.33 Å². The van der Waals surface area contributed by atoms with E-state index in [0.717, 1.165) is 36.4 Å². The molecule has 0 amide bonds. The molecule has 3 aromatic rings. The van der Waals surface area contributed by atoms with E-state index >= 15 is 0 Å². The van der Waals surface area contributed by atoms with Crippen LogP contribution in [0.2, 0.25) is 0 Å². The molecule has 23 heavy (non-hydrogen) atoms. The van der Waals surface area contributed by atoms with Crippen molar-refractivity contribution in [3.63, 3.8) is 0 Å². The van der Waals surface area contributed by atoms with Crippen LogP contribution in [0, 0.1) is 6.92 Å². The number of hydrogen-bond donors (Lipinski definition) is 0. The van der Waals surface area contributed by atoms with Gasteiger partial charge in [0.2, 0.25) is 0 Å². The van der Waals surface area contributed by atoms with Gasteiger partial charge >= 0.3 is 0 Å². The van der Waals surface area contributed by atoms with Gasteiger partial charge in [-0.3, -0.25) is 4.68 Å². The van der Waals surface area contributed by atoms with E-state index < -0.39 is 0 Å². The number of fused-ring (bicyclic) bond motifs is 1. The van der Waals surface area contributed by atoms with E-state index in [1.807, 2.05) is 42.2 Å². The summed E-state index contributed by atoms with van der Waals surface area (Å²) in [5.41, 5.74) is 2.14. The largest absolute Gasteiger partial charge is 0.373 e. The molecular formula is C17H19N5O. The lowest BCUT2D eigenvalue weighted by Gasteiger charge is -2.34. The number of aryl methyl sites for hydroxylation is 1. The average Bonchev–Trinajstić information content (AvgIpc) is 2.99. The fourth-order valence-corrected chi connectivity index (χ4v) is 3.04. The average molecular weight is 309 g/mol. The molecule has 0 N–H and O–H groups in total. The molecule has 4 rings (SSSR count). The van der Waals surface area contributed by atoms with Gasteiger partial charge in [0.25, 0.3) is 0 Å². The van der Waals surface area contributed by atoms with E-state index in [4.69, 9.17) is 4.74 Å². The lowest BCUT2D eigenvalue weighted by molar-refractivity contribution is 0.0272. The van der Waals surface area contributed by atoms with Gasteiger partial charge in [-0.25, -0.2) is 9.97 Å². The van der Waals surface area contributed by atoms with Gasteiger partial charge in [0.05, 0.1) is 31.0 Å². The van der Waals surface area contributed by atoms with Crippen LogP contribution in [0.4, 0.5) is 5.82 Å². The number of morpholine rings is 1. The number of para-hydroxylation sites is 1. The molecule has 2 aromatic heterocycles. The number of ether oxygens (including phenoxy) is 1. The quantitative estimate of drug-likeness (QED) is 0.741. The lowest BCUT2D eigenvalue weighted by atomic mass is 10.2. The molecule has 0 aliphatic carbocycles. The third kappa shape index (κ3) is 2.90. The molecule has 1 aromatic carbocycles. The Morgan fingerprint density at radius 1 is 1.26 bits per heavy atom. The Labute approximate surface area is 134 Å². The maximum absolute atomic E-state index is 5.91. The van der Waals surface area contributed by atoms with Crippen molar-refractivity contribution in [2.24, 2.45) is 0 Å². The first kappa shape index (κ1) is 14.1. The molecule has 1 fully saturated rings. The predicted molar refractivity (Wildman–Crippen MR) is 88.5 cm³/mol. The number of hydrogen-bond acceptors (Lipinski definition) is 5. The highest BCUT2D eigenvalue weighted by molar-refractivity contribution is 5.89. The van der Waals surface area contributed by atoms with E-state index in [0.29, 0.717) is 6.61 Å². The zero-order valence-electron chi connectivity index (χ0n) is 13.1. The Hall–Kier alpha value is -2.47. The molecule has 1 aliphatic rings. The van der Waals surface area contributed by atoms with Crippen molar-refractivity contribution < 1.29 is 4.74 Å². The van der Waals surface area contributed by atoms with Gasteiger partial charge in [-0.15, -0.1) is 0 Å². The van der Waals surface area contributed by atoms with Crippen molar-refractivity contribution in [2.75, 3.05) is 24.6 Å². The van der Waals surface area contributed by atoms with E-state index in [2.05, 4.69) is 26.0 Å². The topological polar surface area (TPSA) is 56.1 Å². The normalized spacial score (nSPS) is 18.5. The van der Waals surface area contributed by atoms with Crippen molar-refractivity contribution in [1.29, 1.82) is 0 Å². The molecule has 0 unspecified atom stereocenters. The van der Waals surface area contributed by atoms with E-state index in [1.165, 1.54) is 5.56 Å². The molecule has 1 aliphatic heterocycles. The van der Waals surface area contributed by atoms with Crippen LogP contribution in [0.15, 0.2) is 43.0 Å². The van der Waals surface area contributed by atoms with E-state index in [9.17, 15) is 0 Å². The summed E-state index contributed by atoms with van der Waals surface area (Å²) < 4.78 is 7.86. The minimum Gasteiger partial charge on any atom is -0.373 e. The van der Waals surface area contributed by atoms with Crippen molar-refractivity contribution in [3.05, 3.63) is 48.5 Å². The number of anilines is 1. The standard InChI is InChI=1S/C17H19N5O/c1-13-8-20-22(9-13)11-14-10-21(6-7-23-14)17-15-4-2-3-5-16(15)18-12-19-17/h2-5,8-9,12,14H,6-7,10-11H2,1H3/t14-/m1/s1. The summed E-state index contributed by atoms with van der Waals surface area (Å²) in [6, 6.07) is 8.12. The number of rotatable bonds is 3. The Morgan fingerprint density at radius 2 is 2.17 bits per heavy atom. The fraction of sp³-hybridized carbons (Fsp3) is 0.353. The lowest BCUT2D eigenvalue weighted by Crippen LogP contribution is -2.44. The summed E-state index contributed by atoms with van der Waals surface area (Å²) >= 11 is 0. The summed E-state index contributed by atoms with van der Waals surface area (Å²) in [5, 5.41) is 5.44. The van der Waals surface area contributed by atoms with Crippen molar-refractivity contribution in [3.8, 4) is 0 Å². The SMILES string of the molecule is Cc1cnn(C[C@H]2CN(c3ncnc4ccccc34)CCO2)c1. The fourth-order valence-electron chi connectivity index (χ4n) is 3.04. The third-order valence-electron chi connectivity index (χ3n) is 4.11. The second-order valence-electron chi connectivity index (χ2n) is 5.89. The van der Waals surface area contributed by atoms with Crippen LogP contribution >= 0.6 is 0 Å². The highest BCUT2D eigenvalue weighted by Crippen LogP contribution is 2.24. The maximum Gasteiger partial charge on any atom is 0.140 e. The van der Waals surface area contributed by atoms with Gasteiger partial charge in [0.15, 0.2) is 0 Å². The Kier molecular flexibility index (Phi) is 3.67. The van der Waals surface area contributed by atoms with Crippen molar-refractivity contribution in [2.45, 2.75) is 19.6 Å². The molecule has 6 heteroatoms. The molecule has 0 spiro atoms. The number of benzene rings is 1. The van der Waals surface area contributed by atoms with Crippen LogP contribution in [0.25, 0.3) is 10.9 Å². The third-order valence-corrected chi connectivity index (χ3v) is 4.11. The van der Waals surface area contributed by atoms with Gasteiger partial charge in [-0.2, -0.15) is 5.10 Å². The molecule has 0 saturated carbocycles. The predicted octanol–water partition coefficient (Wildman–Crippen LogP) is 2.04. The minimum absolute atomic E-state index is 0.108. The Morgan fingerprint density at radius 3 is 3.04 bits per heavy atom. The summed E-state index contributed by atoms with van der Waals surface area (Å²) in [4.78, 5) is 11.1. The zero-order valence-corrected chi connectivity index (χ0v) is 13.1. The maximum atomic E-state index is 5.91. The minimum atomic E-state index is 0.108. The first-order valence-corrected chi connectivity index (χ1v) is 7.85. The van der Waals surface area contributed by atoms with Gasteiger partial charge in [0, 0.05) is 24.7 Å². The zero-order chi connectivity index (χ0) is 15.6. The first-order valence-electron chi connectivity index (χ1n) is 7.85. The van der Waals surface area contributed by atoms with Gasteiger partial charge in [-0.05, 0) is 24.6 Å². The number of aromatic nitrogens is 4. The Balaban J connectivity index is 1.56. The summed E-state index contributed by atoms with van der Waals surface area (Å²) in [6.07, 6.45) is 5.66. The summed E-state index contributed by atoms with van der Waals surface area (Å²) in [5.74, 6) is 0.987. The monoisotopic (exact) mass is 309 g/mol. The van der Waals surface area contributed by atoms with Crippen LogP contribution in [0.5, 0.6) is 0 Å². The van der Waals surface area contributed by atoms with Crippen LogP contribution in [0.3, 0.4) is 0 Å². The molecule has 0 bridgehead atoms. The molecule has 118 valence electrons. The first-order chi connectivity index (χ1) is 11.3. The number of nitrogens with zero attached hydrogens (tertiary/aromatic N) is 5. The van der Waals surface area contributed by atoms with Crippen molar-refractivity contribution >= 4 is 16.7 Å². The van der Waals surface area contributed by atoms with Crippen molar-refractivity contribution in [1.82, 2.24) is 19.7 Å². The molecule has 6 nitrogen and oxygen atoms in total. The summed E-state index contributed by atoms with van der Waals surface area (Å²) in [7, 11) is 0. The molecule has 0 radical (unpaired) electrons. The van der Waals surface area contributed by atoms with E-state index in [-0.39, 0.29) is 6.10 Å². The van der Waals surface area contributed by atoms with Crippen LogP contribution in [-0.4, -0.2) is 45.5 Å². The summed E-state index contributed by atoms with van der Waals surface area (Å²) in [6.45, 7) is 5.15. The molecule has 1 atom stereocenters. The highest BCUT2D eigenvalue weighted by Gasteiger charge is 2.23. The smallest absolute Gasteiger partial charge is 0.140 e. The molecular weight excluding hydrogens is 290 g/mol. The second kappa shape index (κ2) is 5.96. The van der Waals surface area contributed by atoms with Gasteiger partial charge in [-0.1, -0.05) is 12.1 Å². The Bertz CT molecular complexity index is 810. The highest BCUT2D eigenvalue weighted by atomic mass is 16.5. The van der Waals surface area contributed by atoms with Crippen LogP contribution in [0.1, 0.15) is 5.56 Å². The molecule has 3 heterocycles. The van der Waals surface area contributed by atoms with Gasteiger partial charge < -0.3 is 9.64 Å². The van der Waals surface area contributed by atoms with Crippen LogP contribution < -0.4 is 4.90 Å².